The average Bonchev–Trinajstić information content (AvgIpc) is 3.15. The maximum atomic E-state index is 14.7. The van der Waals surface area contributed by atoms with E-state index in [-0.39, 0.29) is 11.6 Å². The Morgan fingerprint density at radius 2 is 1.24 bits per heavy atom. The minimum Gasteiger partial charge on any atom is -0.207 e. The second-order valence-electron chi connectivity index (χ2n) is 7.46. The molecule has 2 aliphatic rings. The van der Waals surface area contributed by atoms with Gasteiger partial charge in [0.25, 0.3) is 0 Å². The first-order valence-electron chi connectivity index (χ1n) is 9.22. The van der Waals surface area contributed by atoms with E-state index in [2.05, 4.69) is 50.1 Å². The Hall–Kier alpha value is -2.30. The minimum absolute atomic E-state index is 0.298. The molecule has 0 amide bonds. The normalized spacial score (nSPS) is 17.8. The lowest BCUT2D eigenvalue weighted by Crippen LogP contribution is -2.26. The van der Waals surface area contributed by atoms with Gasteiger partial charge in [0.1, 0.15) is 11.6 Å². The fraction of sp³-hybridized carbons (Fsp3) is 0.0400. The molecule has 29 heavy (non-hydrogen) atoms. The smallest absolute Gasteiger partial charge is 0.124 e. The number of halogens is 4. The van der Waals surface area contributed by atoms with Crippen molar-refractivity contribution in [2.24, 2.45) is 0 Å². The molecule has 0 aromatic heterocycles. The molecular weight excluding hydrogens is 498 g/mol. The van der Waals surface area contributed by atoms with Crippen LogP contribution in [0.25, 0.3) is 22.3 Å². The van der Waals surface area contributed by atoms with Crippen LogP contribution in [0, 0.1) is 11.6 Å². The van der Waals surface area contributed by atoms with Crippen molar-refractivity contribution in [2.45, 2.75) is 5.41 Å². The van der Waals surface area contributed by atoms with E-state index in [1.54, 1.807) is 18.2 Å². The fourth-order valence-electron chi connectivity index (χ4n) is 5.20. The third-order valence-corrected chi connectivity index (χ3v) is 7.42. The number of hydrogen-bond acceptors (Lipinski definition) is 0. The van der Waals surface area contributed by atoms with Gasteiger partial charge in [-0.3, -0.25) is 0 Å². The molecule has 0 saturated carbocycles. The Labute approximate surface area is 183 Å². The van der Waals surface area contributed by atoms with E-state index in [4.69, 9.17) is 0 Å². The lowest BCUT2D eigenvalue weighted by molar-refractivity contribution is 0.617. The van der Waals surface area contributed by atoms with Gasteiger partial charge < -0.3 is 0 Å². The molecule has 140 valence electrons. The zero-order valence-corrected chi connectivity index (χ0v) is 18.1. The lowest BCUT2D eigenvalue weighted by Gasteiger charge is -2.30. The Morgan fingerprint density at radius 3 is 2.10 bits per heavy atom. The van der Waals surface area contributed by atoms with E-state index in [1.807, 2.05) is 24.3 Å². The van der Waals surface area contributed by atoms with Gasteiger partial charge in [-0.05, 0) is 63.7 Å². The van der Waals surface area contributed by atoms with Gasteiger partial charge >= 0.3 is 0 Å². The number of benzene rings is 4. The summed E-state index contributed by atoms with van der Waals surface area (Å²) in [5, 5.41) is 0. The molecular formula is C25H12Br2F2. The minimum atomic E-state index is -0.757. The van der Waals surface area contributed by atoms with Gasteiger partial charge in [-0.15, -0.1) is 0 Å². The molecule has 0 aliphatic heterocycles. The quantitative estimate of drug-likeness (QED) is 0.196. The Morgan fingerprint density at radius 1 is 0.552 bits per heavy atom. The number of rotatable bonds is 0. The van der Waals surface area contributed by atoms with Crippen LogP contribution >= 0.6 is 31.9 Å². The number of fused-ring (bicyclic) bond motifs is 10. The summed E-state index contributed by atoms with van der Waals surface area (Å²) in [6.07, 6.45) is 0. The molecule has 1 spiro atoms. The van der Waals surface area contributed by atoms with Crippen LogP contribution in [0.4, 0.5) is 8.78 Å². The van der Waals surface area contributed by atoms with Crippen molar-refractivity contribution in [3.8, 4) is 22.3 Å². The first-order valence-corrected chi connectivity index (χ1v) is 10.8. The summed E-state index contributed by atoms with van der Waals surface area (Å²) in [6, 6.07) is 22.2. The first-order chi connectivity index (χ1) is 14.0. The molecule has 4 aromatic carbocycles. The Balaban J connectivity index is 1.90. The molecule has 1 unspecified atom stereocenters. The molecule has 1 atom stereocenters. The highest BCUT2D eigenvalue weighted by Crippen LogP contribution is 2.64. The van der Waals surface area contributed by atoms with Crippen LogP contribution in [0.1, 0.15) is 22.3 Å². The monoisotopic (exact) mass is 508 g/mol. The fourth-order valence-corrected chi connectivity index (χ4v) is 6.42. The summed E-state index contributed by atoms with van der Waals surface area (Å²) in [4.78, 5) is 0. The zero-order valence-electron chi connectivity index (χ0n) is 14.9. The summed E-state index contributed by atoms with van der Waals surface area (Å²) < 4.78 is 30.9. The van der Waals surface area contributed by atoms with Crippen LogP contribution in [0.5, 0.6) is 0 Å². The maximum Gasteiger partial charge on any atom is 0.124 e. The second kappa shape index (κ2) is 5.87. The average molecular weight is 510 g/mol. The van der Waals surface area contributed by atoms with Crippen molar-refractivity contribution < 1.29 is 8.78 Å². The van der Waals surface area contributed by atoms with Crippen LogP contribution in [-0.4, -0.2) is 0 Å². The highest BCUT2D eigenvalue weighted by Gasteiger charge is 2.52. The van der Waals surface area contributed by atoms with Crippen LogP contribution in [0.3, 0.4) is 0 Å². The van der Waals surface area contributed by atoms with Crippen LogP contribution < -0.4 is 0 Å². The molecule has 0 bridgehead atoms. The highest BCUT2D eigenvalue weighted by molar-refractivity contribution is 9.11. The van der Waals surface area contributed by atoms with Gasteiger partial charge in [0.2, 0.25) is 0 Å². The topological polar surface area (TPSA) is 0 Å². The summed E-state index contributed by atoms with van der Waals surface area (Å²) in [5.74, 6) is -0.613. The third-order valence-electron chi connectivity index (χ3n) is 6.13. The van der Waals surface area contributed by atoms with Crippen LogP contribution in [0.15, 0.2) is 81.7 Å². The Bertz CT molecular complexity index is 1360. The zero-order chi connectivity index (χ0) is 19.9. The van der Waals surface area contributed by atoms with Gasteiger partial charge in [-0.1, -0.05) is 74.3 Å². The van der Waals surface area contributed by atoms with Crippen molar-refractivity contribution in [1.82, 2.24) is 0 Å². The van der Waals surface area contributed by atoms with E-state index in [0.29, 0.717) is 4.47 Å². The summed E-state index contributed by atoms with van der Waals surface area (Å²) in [6.45, 7) is 0. The molecule has 0 N–H and O–H groups in total. The molecule has 4 aromatic rings. The van der Waals surface area contributed by atoms with Crippen molar-refractivity contribution in [2.75, 3.05) is 0 Å². The van der Waals surface area contributed by atoms with Crippen LogP contribution in [-0.2, 0) is 5.41 Å². The van der Waals surface area contributed by atoms with Gasteiger partial charge in [0.15, 0.2) is 0 Å². The molecule has 0 fully saturated rings. The molecule has 0 heterocycles. The largest absolute Gasteiger partial charge is 0.207 e. The van der Waals surface area contributed by atoms with E-state index >= 15 is 0 Å². The lowest BCUT2D eigenvalue weighted by atomic mass is 9.70. The van der Waals surface area contributed by atoms with Crippen molar-refractivity contribution >= 4 is 31.9 Å². The van der Waals surface area contributed by atoms with Gasteiger partial charge in [-0.2, -0.15) is 0 Å². The molecule has 0 saturated heterocycles. The van der Waals surface area contributed by atoms with E-state index in [0.717, 1.165) is 49.0 Å². The van der Waals surface area contributed by atoms with Crippen molar-refractivity contribution in [3.63, 3.8) is 0 Å². The summed E-state index contributed by atoms with van der Waals surface area (Å²) in [7, 11) is 0. The van der Waals surface area contributed by atoms with Gasteiger partial charge in [0.05, 0.1) is 5.41 Å². The molecule has 6 rings (SSSR count). The molecule has 4 heteroatoms. The highest BCUT2D eigenvalue weighted by atomic mass is 79.9. The summed E-state index contributed by atoms with van der Waals surface area (Å²) in [5.41, 5.74) is 7.02. The third kappa shape index (κ3) is 2.06. The standard InChI is InChI=1S/C25H12Br2F2/c26-21-7-3-6-18-23(21)15-4-1-2-5-17(15)25(18)19-10-13(28)8-9-16(19)24-20(25)11-14(29)12-22(24)27/h1-12H. The Kier molecular flexibility index (Phi) is 3.55. The van der Waals surface area contributed by atoms with E-state index in [1.165, 1.54) is 12.1 Å². The van der Waals surface area contributed by atoms with Gasteiger partial charge in [-0.25, -0.2) is 8.78 Å². The van der Waals surface area contributed by atoms with Gasteiger partial charge in [0, 0.05) is 20.1 Å². The summed E-state index contributed by atoms with van der Waals surface area (Å²) >= 11 is 7.28. The van der Waals surface area contributed by atoms with E-state index < -0.39 is 5.41 Å². The van der Waals surface area contributed by atoms with Crippen LogP contribution in [0.2, 0.25) is 0 Å². The first kappa shape index (κ1) is 17.5. The number of hydrogen-bond donors (Lipinski definition) is 0. The van der Waals surface area contributed by atoms with E-state index in [9.17, 15) is 8.78 Å². The maximum absolute atomic E-state index is 14.7. The molecule has 0 nitrogen and oxygen atoms in total. The SMILES string of the molecule is Fc1ccc2c(c1)C1(c3ccccc3-c3c(Br)cccc31)c1cc(F)cc(Br)c1-2. The predicted octanol–water partition coefficient (Wildman–Crippen LogP) is 7.83. The van der Waals surface area contributed by atoms with Crippen molar-refractivity contribution in [3.05, 3.63) is 116 Å². The predicted molar refractivity (Wildman–Crippen MR) is 118 cm³/mol. The molecule has 0 radical (unpaired) electrons. The van der Waals surface area contributed by atoms with Crippen molar-refractivity contribution in [1.29, 1.82) is 0 Å². The molecule has 2 aliphatic carbocycles. The second-order valence-corrected chi connectivity index (χ2v) is 9.17.